The summed E-state index contributed by atoms with van der Waals surface area (Å²) in [6.45, 7) is 0.199. The highest BCUT2D eigenvalue weighted by molar-refractivity contribution is 9.09. The van der Waals surface area contributed by atoms with Gasteiger partial charge in [0.25, 0.3) is 0 Å². The van der Waals surface area contributed by atoms with Crippen molar-refractivity contribution >= 4 is 15.9 Å². The van der Waals surface area contributed by atoms with Crippen LogP contribution >= 0.6 is 15.9 Å². The molecule has 0 aliphatic rings. The lowest BCUT2D eigenvalue weighted by Gasteiger charge is -2.25. The van der Waals surface area contributed by atoms with Gasteiger partial charge in [0.2, 0.25) is 0 Å². The van der Waals surface area contributed by atoms with E-state index < -0.39 is 24.0 Å². The van der Waals surface area contributed by atoms with Gasteiger partial charge in [-0.1, -0.05) is 27.6 Å². The summed E-state index contributed by atoms with van der Waals surface area (Å²) < 4.78 is 71.6. The molecular formula is C7H8BrF6N. The zero-order chi connectivity index (χ0) is 12.3. The van der Waals surface area contributed by atoms with Crippen LogP contribution in [0.3, 0.4) is 0 Å². The van der Waals surface area contributed by atoms with Gasteiger partial charge in [-0.05, 0) is 6.92 Å². The highest BCUT2D eigenvalue weighted by Gasteiger charge is 2.52. The van der Waals surface area contributed by atoms with E-state index in [1.165, 1.54) is 6.92 Å². The van der Waals surface area contributed by atoms with Crippen molar-refractivity contribution in [1.82, 2.24) is 4.90 Å². The Bertz CT molecular complexity index is 217. The van der Waals surface area contributed by atoms with E-state index in [4.69, 9.17) is 0 Å². The maximum atomic E-state index is 11.9. The third kappa shape index (κ3) is 5.41. The Labute approximate surface area is 90.9 Å². The van der Waals surface area contributed by atoms with E-state index in [1.54, 1.807) is 0 Å². The average molecular weight is 300 g/mol. The molecule has 0 aromatic carbocycles. The van der Waals surface area contributed by atoms with Crippen LogP contribution < -0.4 is 0 Å². The van der Waals surface area contributed by atoms with Crippen LogP contribution in [0.1, 0.15) is 6.92 Å². The number of alkyl halides is 7. The molecule has 90 valence electrons. The minimum absolute atomic E-state index is 0.233. The van der Waals surface area contributed by atoms with Gasteiger partial charge in [-0.2, -0.15) is 26.3 Å². The number of hydrogen-bond acceptors (Lipinski definition) is 1. The van der Waals surface area contributed by atoms with E-state index in [1.807, 2.05) is 0 Å². The molecule has 8 heteroatoms. The van der Waals surface area contributed by atoms with Crippen molar-refractivity contribution in [1.29, 1.82) is 0 Å². The fourth-order valence-corrected chi connectivity index (χ4v) is 0.881. The monoisotopic (exact) mass is 299 g/mol. The number of hydrogen-bond donors (Lipinski definition) is 0. The molecule has 0 aliphatic carbocycles. The summed E-state index contributed by atoms with van der Waals surface area (Å²) in [6, 6.07) is 0. The Kier molecular flexibility index (Phi) is 5.12. The Morgan fingerprint density at radius 2 is 1.53 bits per heavy atom. The summed E-state index contributed by atoms with van der Waals surface area (Å²) in [5.74, 6) is 0. The van der Waals surface area contributed by atoms with Crippen molar-refractivity contribution in [2.45, 2.75) is 19.5 Å². The summed E-state index contributed by atoms with van der Waals surface area (Å²) in [5, 5.41) is 0.233. The van der Waals surface area contributed by atoms with Crippen LogP contribution in [0.2, 0.25) is 0 Å². The first-order chi connectivity index (χ1) is 6.59. The van der Waals surface area contributed by atoms with E-state index in [0.717, 1.165) is 6.08 Å². The van der Waals surface area contributed by atoms with Crippen LogP contribution in [0.5, 0.6) is 0 Å². The van der Waals surface area contributed by atoms with Crippen molar-refractivity contribution in [2.75, 3.05) is 11.9 Å². The third-order valence-electron chi connectivity index (χ3n) is 1.45. The lowest BCUT2D eigenvalue weighted by molar-refractivity contribution is -0.369. The molecule has 0 amide bonds. The van der Waals surface area contributed by atoms with Gasteiger partial charge < -0.3 is 0 Å². The van der Waals surface area contributed by atoms with E-state index in [2.05, 4.69) is 15.9 Å². The largest absolute Gasteiger partial charge is 0.467 e. The van der Waals surface area contributed by atoms with E-state index in [-0.39, 0.29) is 5.33 Å². The minimum Gasteiger partial charge on any atom is -0.155 e. The zero-order valence-electron chi connectivity index (χ0n) is 7.58. The molecule has 0 aliphatic heterocycles. The lowest BCUT2D eigenvalue weighted by atomic mass is 10.3. The molecular weight excluding hydrogens is 292 g/mol. The van der Waals surface area contributed by atoms with E-state index >= 15 is 0 Å². The standard InChI is InChI=1S/C7H8BrF6N/c1-5(4-8)2-3-15(6(9,10)11)7(12,13)14/h2H,3-4H2,1H3/b5-2+. The van der Waals surface area contributed by atoms with Crippen molar-refractivity contribution in [3.05, 3.63) is 11.6 Å². The molecule has 0 heterocycles. The van der Waals surface area contributed by atoms with Crippen molar-refractivity contribution in [3.63, 3.8) is 0 Å². The quantitative estimate of drug-likeness (QED) is 0.333. The maximum Gasteiger partial charge on any atom is 0.467 e. The predicted molar refractivity (Wildman–Crippen MR) is 46.4 cm³/mol. The molecule has 0 atom stereocenters. The molecule has 0 spiro atoms. The van der Waals surface area contributed by atoms with Gasteiger partial charge in [0.15, 0.2) is 0 Å². The summed E-state index contributed by atoms with van der Waals surface area (Å²) >= 11 is 2.92. The number of rotatable bonds is 3. The first kappa shape index (κ1) is 14.8. The number of allylic oxidation sites excluding steroid dienone is 1. The second kappa shape index (κ2) is 5.20. The van der Waals surface area contributed by atoms with Crippen LogP contribution in [0, 0.1) is 0 Å². The lowest BCUT2D eigenvalue weighted by Crippen LogP contribution is -2.48. The van der Waals surface area contributed by atoms with E-state index in [9.17, 15) is 26.3 Å². The van der Waals surface area contributed by atoms with Gasteiger partial charge >= 0.3 is 12.6 Å². The van der Waals surface area contributed by atoms with Gasteiger partial charge in [-0.25, -0.2) is 0 Å². The second-order valence-electron chi connectivity index (χ2n) is 2.73. The van der Waals surface area contributed by atoms with Crippen LogP contribution in [-0.4, -0.2) is 29.4 Å². The summed E-state index contributed by atoms with van der Waals surface area (Å²) in [6.07, 6.45) is -9.96. The van der Waals surface area contributed by atoms with Gasteiger partial charge in [-0.15, -0.1) is 4.90 Å². The highest BCUT2D eigenvalue weighted by atomic mass is 79.9. The Balaban J connectivity index is 4.70. The zero-order valence-corrected chi connectivity index (χ0v) is 9.17. The molecule has 0 saturated carbocycles. The first-order valence-electron chi connectivity index (χ1n) is 3.72. The summed E-state index contributed by atoms with van der Waals surface area (Å²) in [7, 11) is 0. The van der Waals surface area contributed by atoms with Gasteiger partial charge in [0.05, 0.1) is 0 Å². The van der Waals surface area contributed by atoms with Gasteiger partial charge in [0.1, 0.15) is 0 Å². The molecule has 0 aromatic heterocycles. The maximum absolute atomic E-state index is 11.9. The molecule has 0 rings (SSSR count). The van der Waals surface area contributed by atoms with Gasteiger partial charge in [0, 0.05) is 11.9 Å². The smallest absolute Gasteiger partial charge is 0.155 e. The molecule has 1 nitrogen and oxygen atoms in total. The Hall–Kier alpha value is -0.240. The highest BCUT2D eigenvalue weighted by Crippen LogP contribution is 2.33. The molecule has 0 aromatic rings. The average Bonchev–Trinajstić information content (AvgIpc) is 1.99. The van der Waals surface area contributed by atoms with Crippen LogP contribution in [0.15, 0.2) is 11.6 Å². The predicted octanol–water partition coefficient (Wildman–Crippen LogP) is 3.67. The van der Waals surface area contributed by atoms with Gasteiger partial charge in [-0.3, -0.25) is 0 Å². The summed E-state index contributed by atoms with van der Waals surface area (Å²) in [5.41, 5.74) is 0.397. The van der Waals surface area contributed by atoms with E-state index in [0.29, 0.717) is 5.57 Å². The first-order valence-corrected chi connectivity index (χ1v) is 4.84. The number of nitrogens with zero attached hydrogens (tertiary/aromatic N) is 1. The Morgan fingerprint density at radius 3 is 1.80 bits per heavy atom. The number of halogens is 7. The molecule has 0 unspecified atom stereocenters. The normalized spacial score (nSPS) is 14.9. The minimum atomic E-state index is -5.42. The topological polar surface area (TPSA) is 3.24 Å². The molecule has 0 radical (unpaired) electrons. The van der Waals surface area contributed by atoms with Crippen molar-refractivity contribution < 1.29 is 26.3 Å². The third-order valence-corrected chi connectivity index (χ3v) is 2.33. The Morgan fingerprint density at radius 1 is 1.13 bits per heavy atom. The fourth-order valence-electron chi connectivity index (χ4n) is 0.652. The summed E-state index contributed by atoms with van der Waals surface area (Å²) in [4.78, 5) is -1.48. The SMILES string of the molecule is C/C(=C\CN(C(F)(F)F)C(F)(F)F)CBr. The molecule has 0 bridgehead atoms. The molecule has 0 fully saturated rings. The van der Waals surface area contributed by atoms with Crippen molar-refractivity contribution in [2.24, 2.45) is 0 Å². The van der Waals surface area contributed by atoms with Crippen LogP contribution in [0.4, 0.5) is 26.3 Å². The van der Waals surface area contributed by atoms with Crippen LogP contribution in [0.25, 0.3) is 0 Å². The fraction of sp³-hybridized carbons (Fsp3) is 0.714. The van der Waals surface area contributed by atoms with Crippen LogP contribution in [-0.2, 0) is 0 Å². The second-order valence-corrected chi connectivity index (χ2v) is 3.29. The molecule has 15 heavy (non-hydrogen) atoms. The van der Waals surface area contributed by atoms with Crippen molar-refractivity contribution in [3.8, 4) is 0 Å². The molecule has 0 N–H and O–H groups in total. The molecule has 0 saturated heterocycles.